The van der Waals surface area contributed by atoms with Crippen molar-refractivity contribution in [2.45, 2.75) is 20.3 Å². The third-order valence-corrected chi connectivity index (χ3v) is 3.42. The van der Waals surface area contributed by atoms with Crippen molar-refractivity contribution in [1.82, 2.24) is 5.32 Å². The summed E-state index contributed by atoms with van der Waals surface area (Å²) in [5.74, 6) is 2.03. The van der Waals surface area contributed by atoms with Gasteiger partial charge in [0.05, 0.1) is 5.56 Å². The number of aryl methyl sites for hydroxylation is 1. The predicted octanol–water partition coefficient (Wildman–Crippen LogP) is 2.57. The topological polar surface area (TPSA) is 49.3 Å². The lowest BCUT2D eigenvalue weighted by Gasteiger charge is -2.08. The molecule has 0 aliphatic rings. The molecule has 0 spiro atoms. The molecule has 17 heavy (non-hydrogen) atoms. The summed E-state index contributed by atoms with van der Waals surface area (Å²) >= 11 is 1.86. The number of hydrogen-bond acceptors (Lipinski definition) is 3. The van der Waals surface area contributed by atoms with Crippen LogP contribution in [0.3, 0.4) is 0 Å². The van der Waals surface area contributed by atoms with Gasteiger partial charge in [0, 0.05) is 6.54 Å². The molecule has 1 aromatic carbocycles. The van der Waals surface area contributed by atoms with Gasteiger partial charge in [-0.2, -0.15) is 11.8 Å². The van der Waals surface area contributed by atoms with Crippen molar-refractivity contribution in [3.05, 3.63) is 29.3 Å². The number of carbonyl (C=O) groups is 1. The number of benzene rings is 1. The first-order chi connectivity index (χ1) is 8.16. The van der Waals surface area contributed by atoms with E-state index in [4.69, 9.17) is 0 Å². The van der Waals surface area contributed by atoms with E-state index in [1.165, 1.54) is 0 Å². The summed E-state index contributed by atoms with van der Waals surface area (Å²) in [7, 11) is 0. The highest BCUT2D eigenvalue weighted by molar-refractivity contribution is 7.99. The van der Waals surface area contributed by atoms with Crippen molar-refractivity contribution in [3.63, 3.8) is 0 Å². The molecular formula is C13H19NO2S. The first-order valence-electron chi connectivity index (χ1n) is 5.81. The minimum absolute atomic E-state index is 0.0768. The van der Waals surface area contributed by atoms with Crippen molar-refractivity contribution < 1.29 is 9.90 Å². The second-order valence-corrected chi connectivity index (χ2v) is 5.17. The quantitative estimate of drug-likeness (QED) is 0.766. The number of nitrogens with one attached hydrogen (secondary N) is 1. The van der Waals surface area contributed by atoms with Crippen LogP contribution in [0.5, 0.6) is 5.75 Å². The van der Waals surface area contributed by atoms with Crippen LogP contribution in [0, 0.1) is 6.92 Å². The lowest BCUT2D eigenvalue weighted by Crippen LogP contribution is -2.25. The van der Waals surface area contributed by atoms with Crippen LogP contribution >= 0.6 is 11.8 Å². The van der Waals surface area contributed by atoms with Gasteiger partial charge < -0.3 is 10.4 Å². The van der Waals surface area contributed by atoms with Crippen LogP contribution in [-0.2, 0) is 0 Å². The molecule has 1 rings (SSSR count). The number of para-hydroxylation sites is 1. The van der Waals surface area contributed by atoms with Crippen molar-refractivity contribution in [2.75, 3.05) is 18.1 Å². The summed E-state index contributed by atoms with van der Waals surface area (Å²) in [5.41, 5.74) is 1.08. The molecule has 1 aromatic rings. The van der Waals surface area contributed by atoms with Gasteiger partial charge >= 0.3 is 0 Å². The molecule has 0 aliphatic heterocycles. The van der Waals surface area contributed by atoms with Crippen molar-refractivity contribution in [3.8, 4) is 5.75 Å². The molecule has 0 bridgehead atoms. The third-order valence-electron chi connectivity index (χ3n) is 2.44. The zero-order chi connectivity index (χ0) is 12.7. The highest BCUT2D eigenvalue weighted by Crippen LogP contribution is 2.20. The molecule has 4 heteroatoms. The third kappa shape index (κ3) is 4.30. The maximum Gasteiger partial charge on any atom is 0.255 e. The molecule has 0 atom stereocenters. The van der Waals surface area contributed by atoms with Crippen LogP contribution in [0.1, 0.15) is 29.3 Å². The molecule has 2 N–H and O–H groups in total. The van der Waals surface area contributed by atoms with Gasteiger partial charge in [0.1, 0.15) is 5.75 Å². The summed E-state index contributed by atoms with van der Waals surface area (Å²) in [6.07, 6.45) is 0.955. The Morgan fingerprint density at radius 3 is 2.94 bits per heavy atom. The number of carbonyl (C=O) groups excluding carboxylic acids is 1. The number of rotatable bonds is 6. The highest BCUT2D eigenvalue weighted by atomic mass is 32.2. The number of aromatic hydroxyl groups is 1. The molecule has 0 heterocycles. The molecule has 0 radical (unpaired) electrons. The number of thioether (sulfide) groups is 1. The van der Waals surface area contributed by atoms with E-state index in [0.29, 0.717) is 12.1 Å². The van der Waals surface area contributed by atoms with E-state index >= 15 is 0 Å². The average Bonchev–Trinajstić information content (AvgIpc) is 2.32. The van der Waals surface area contributed by atoms with E-state index in [1.54, 1.807) is 25.1 Å². The predicted molar refractivity (Wildman–Crippen MR) is 72.8 cm³/mol. The Morgan fingerprint density at radius 2 is 2.24 bits per heavy atom. The number of phenolic OH excluding ortho intramolecular Hbond substituents is 1. The Hall–Kier alpha value is -1.16. The smallest absolute Gasteiger partial charge is 0.255 e. The molecule has 0 saturated carbocycles. The second kappa shape index (κ2) is 7.22. The van der Waals surface area contributed by atoms with Crippen molar-refractivity contribution >= 4 is 17.7 Å². The Morgan fingerprint density at radius 1 is 1.47 bits per heavy atom. The summed E-state index contributed by atoms with van der Waals surface area (Å²) < 4.78 is 0. The Labute approximate surface area is 107 Å². The van der Waals surface area contributed by atoms with Crippen molar-refractivity contribution in [1.29, 1.82) is 0 Å². The maximum atomic E-state index is 11.8. The fraction of sp³-hybridized carbons (Fsp3) is 0.462. The monoisotopic (exact) mass is 253 g/mol. The molecule has 94 valence electrons. The molecule has 0 saturated heterocycles. The van der Waals surface area contributed by atoms with Gasteiger partial charge in [0.15, 0.2) is 0 Å². The Bertz CT molecular complexity index is 380. The van der Waals surface area contributed by atoms with Crippen LogP contribution < -0.4 is 5.32 Å². The SMILES string of the molecule is CCSCCCNC(=O)c1cccc(C)c1O. The van der Waals surface area contributed by atoms with E-state index in [9.17, 15) is 9.90 Å². The van der Waals surface area contributed by atoms with Gasteiger partial charge in [-0.15, -0.1) is 0 Å². The molecular weight excluding hydrogens is 234 g/mol. The molecule has 0 unspecified atom stereocenters. The van der Waals surface area contributed by atoms with Crippen LogP contribution in [0.15, 0.2) is 18.2 Å². The molecule has 3 nitrogen and oxygen atoms in total. The van der Waals surface area contributed by atoms with Gasteiger partial charge in [0.25, 0.3) is 5.91 Å². The van der Waals surface area contributed by atoms with Crippen LogP contribution in [0.4, 0.5) is 0 Å². The van der Waals surface area contributed by atoms with Gasteiger partial charge in [-0.05, 0) is 36.5 Å². The van der Waals surface area contributed by atoms with Gasteiger partial charge in [-0.1, -0.05) is 19.1 Å². The van der Waals surface area contributed by atoms with E-state index in [1.807, 2.05) is 11.8 Å². The maximum absolute atomic E-state index is 11.8. The summed E-state index contributed by atoms with van der Waals surface area (Å²) in [6.45, 7) is 4.55. The normalized spacial score (nSPS) is 10.2. The van der Waals surface area contributed by atoms with Gasteiger partial charge in [0.2, 0.25) is 0 Å². The second-order valence-electron chi connectivity index (χ2n) is 3.78. The minimum Gasteiger partial charge on any atom is -0.507 e. The standard InChI is InChI=1S/C13H19NO2S/c1-3-17-9-5-8-14-13(16)11-7-4-6-10(2)12(11)15/h4,6-7,15H,3,5,8-9H2,1-2H3,(H,14,16). The number of phenols is 1. The lowest BCUT2D eigenvalue weighted by atomic mass is 10.1. The van der Waals surface area contributed by atoms with Gasteiger partial charge in [-0.3, -0.25) is 4.79 Å². The number of amides is 1. The fourth-order valence-corrected chi connectivity index (χ4v) is 2.10. The van der Waals surface area contributed by atoms with E-state index in [-0.39, 0.29) is 11.7 Å². The zero-order valence-corrected chi connectivity index (χ0v) is 11.1. The van der Waals surface area contributed by atoms with E-state index < -0.39 is 0 Å². The summed E-state index contributed by atoms with van der Waals surface area (Å²) in [5, 5.41) is 12.6. The van der Waals surface area contributed by atoms with Gasteiger partial charge in [-0.25, -0.2) is 0 Å². The van der Waals surface area contributed by atoms with Crippen LogP contribution in [0.2, 0.25) is 0 Å². The first-order valence-corrected chi connectivity index (χ1v) is 6.96. The summed E-state index contributed by atoms with van der Waals surface area (Å²) in [6, 6.07) is 5.19. The zero-order valence-electron chi connectivity index (χ0n) is 10.3. The average molecular weight is 253 g/mol. The Kier molecular flexibility index (Phi) is 5.91. The first kappa shape index (κ1) is 13.9. The molecule has 0 aliphatic carbocycles. The summed E-state index contributed by atoms with van der Waals surface area (Å²) in [4.78, 5) is 11.8. The largest absolute Gasteiger partial charge is 0.507 e. The number of hydrogen-bond donors (Lipinski definition) is 2. The molecule has 1 amide bonds. The molecule has 0 aromatic heterocycles. The van der Waals surface area contributed by atoms with Crippen LogP contribution in [-0.4, -0.2) is 29.1 Å². The van der Waals surface area contributed by atoms with E-state index in [0.717, 1.165) is 23.5 Å². The lowest BCUT2D eigenvalue weighted by molar-refractivity contribution is 0.0951. The Balaban J connectivity index is 2.44. The highest BCUT2D eigenvalue weighted by Gasteiger charge is 2.11. The van der Waals surface area contributed by atoms with Crippen molar-refractivity contribution in [2.24, 2.45) is 0 Å². The van der Waals surface area contributed by atoms with Crippen LogP contribution in [0.25, 0.3) is 0 Å². The van der Waals surface area contributed by atoms with E-state index in [2.05, 4.69) is 12.2 Å². The fourth-order valence-electron chi connectivity index (χ4n) is 1.46. The molecule has 0 fully saturated rings. The minimum atomic E-state index is -0.201.